The lowest BCUT2D eigenvalue weighted by Gasteiger charge is -2.48. The van der Waals surface area contributed by atoms with E-state index in [1.165, 1.54) is 0 Å². The number of hydrogen-bond donors (Lipinski definition) is 0. The molecule has 0 saturated carbocycles. The standard InChI is InChI=1S/C26H16F14O2S/c1-11-7-3-5-9-13(11)15-17(27)19(29)23(35,25(37,38)21(15,31)32)43(41,42)24(36)20(30)18(28)16(22(33,34)26(24,39)40)14-10-6-4-8-12(14)2/h3-10,15-16H,1-2H3. The molecule has 2 aliphatic carbocycles. The molecule has 2 aliphatic rings. The molecule has 0 heterocycles. The second-order valence-corrected chi connectivity index (χ2v) is 12.1. The van der Waals surface area contributed by atoms with Crippen molar-refractivity contribution in [2.75, 3.05) is 0 Å². The Morgan fingerprint density at radius 3 is 1.09 bits per heavy atom. The van der Waals surface area contributed by atoms with Crippen LogP contribution in [0.5, 0.6) is 0 Å². The zero-order valence-electron chi connectivity index (χ0n) is 21.3. The molecule has 43 heavy (non-hydrogen) atoms. The Bertz CT molecular complexity index is 1550. The van der Waals surface area contributed by atoms with Gasteiger partial charge in [-0.05, 0) is 36.1 Å². The van der Waals surface area contributed by atoms with E-state index in [0.29, 0.717) is 12.1 Å². The highest BCUT2D eigenvalue weighted by atomic mass is 32.2. The Morgan fingerprint density at radius 2 is 0.814 bits per heavy atom. The minimum absolute atomic E-state index is 0.487. The maximum atomic E-state index is 15.8. The van der Waals surface area contributed by atoms with E-state index >= 15 is 61.5 Å². The van der Waals surface area contributed by atoms with Crippen molar-refractivity contribution in [3.63, 3.8) is 0 Å². The fourth-order valence-corrected chi connectivity index (χ4v) is 7.20. The fraction of sp³-hybridized carbons (Fsp3) is 0.385. The van der Waals surface area contributed by atoms with Gasteiger partial charge in [-0.3, -0.25) is 0 Å². The Morgan fingerprint density at radius 1 is 0.535 bits per heavy atom. The van der Waals surface area contributed by atoms with Crippen LogP contribution in [0.3, 0.4) is 0 Å². The summed E-state index contributed by atoms with van der Waals surface area (Å²) in [4.78, 5) is 0. The molecule has 0 spiro atoms. The van der Waals surface area contributed by atoms with Gasteiger partial charge in [-0.2, -0.15) is 35.1 Å². The molecule has 0 saturated heterocycles. The molecular formula is C26H16F14O2S. The number of rotatable bonds is 4. The van der Waals surface area contributed by atoms with Crippen molar-refractivity contribution in [3.05, 3.63) is 94.1 Å². The van der Waals surface area contributed by atoms with Gasteiger partial charge in [0.1, 0.15) is 23.5 Å². The van der Waals surface area contributed by atoms with E-state index in [2.05, 4.69) is 0 Å². The highest BCUT2D eigenvalue weighted by molar-refractivity contribution is 7.94. The molecule has 17 heteroatoms. The van der Waals surface area contributed by atoms with Crippen molar-refractivity contribution in [2.24, 2.45) is 0 Å². The zero-order chi connectivity index (χ0) is 32.9. The number of hydrogen-bond acceptors (Lipinski definition) is 2. The summed E-state index contributed by atoms with van der Waals surface area (Å²) in [5.41, 5.74) is -3.39. The van der Waals surface area contributed by atoms with Gasteiger partial charge in [0.2, 0.25) is 9.84 Å². The van der Waals surface area contributed by atoms with Crippen molar-refractivity contribution in [1.82, 2.24) is 0 Å². The first-order chi connectivity index (χ1) is 19.4. The Balaban J connectivity index is 2.09. The zero-order valence-corrected chi connectivity index (χ0v) is 22.1. The van der Waals surface area contributed by atoms with Crippen LogP contribution < -0.4 is 0 Å². The predicted molar refractivity (Wildman–Crippen MR) is 123 cm³/mol. The maximum Gasteiger partial charge on any atom is 0.365 e. The van der Waals surface area contributed by atoms with E-state index in [1.54, 1.807) is 0 Å². The molecule has 4 rings (SSSR count). The number of benzene rings is 2. The first-order valence-electron chi connectivity index (χ1n) is 11.8. The largest absolute Gasteiger partial charge is 0.365 e. The summed E-state index contributed by atoms with van der Waals surface area (Å²) in [6.45, 7) is 1.77. The summed E-state index contributed by atoms with van der Waals surface area (Å²) >= 11 is 0. The molecule has 2 aromatic carbocycles. The monoisotopic (exact) mass is 658 g/mol. The van der Waals surface area contributed by atoms with Crippen molar-refractivity contribution in [1.29, 1.82) is 0 Å². The third-order valence-corrected chi connectivity index (χ3v) is 9.95. The van der Waals surface area contributed by atoms with Gasteiger partial charge in [0.05, 0.1) is 0 Å². The molecule has 4 atom stereocenters. The van der Waals surface area contributed by atoms with Gasteiger partial charge in [-0.1, -0.05) is 48.5 Å². The highest BCUT2D eigenvalue weighted by Crippen LogP contribution is 2.69. The lowest BCUT2D eigenvalue weighted by atomic mass is 9.79. The molecule has 2 aromatic rings. The van der Waals surface area contributed by atoms with Crippen molar-refractivity contribution in [3.8, 4) is 0 Å². The molecule has 4 unspecified atom stereocenters. The van der Waals surface area contributed by atoms with Crippen LogP contribution in [0.2, 0.25) is 0 Å². The highest BCUT2D eigenvalue weighted by Gasteiger charge is 2.92. The Hall–Kier alpha value is -3.11. The normalized spacial score (nSPS) is 31.7. The summed E-state index contributed by atoms with van der Waals surface area (Å²) in [6, 6.07) is 6.59. The first-order valence-corrected chi connectivity index (χ1v) is 13.3. The van der Waals surface area contributed by atoms with Gasteiger partial charge >= 0.3 is 33.7 Å². The summed E-state index contributed by atoms with van der Waals surface area (Å²) in [6.07, 6.45) is 0. The van der Waals surface area contributed by atoms with E-state index in [9.17, 15) is 8.42 Å². The molecular weight excluding hydrogens is 642 g/mol. The molecule has 2 nitrogen and oxygen atoms in total. The summed E-state index contributed by atoms with van der Waals surface area (Å²) in [7, 11) is -8.88. The third kappa shape index (κ3) is 3.62. The van der Waals surface area contributed by atoms with Gasteiger partial charge in [0.25, 0.3) is 0 Å². The molecule has 236 valence electrons. The third-order valence-electron chi connectivity index (χ3n) is 7.60. The Kier molecular flexibility index (Phi) is 7.20. The summed E-state index contributed by atoms with van der Waals surface area (Å²) in [5.74, 6) is -50.4. The van der Waals surface area contributed by atoms with E-state index in [-0.39, 0.29) is 0 Å². The van der Waals surface area contributed by atoms with Crippen LogP contribution >= 0.6 is 0 Å². The lowest BCUT2D eigenvalue weighted by molar-refractivity contribution is -0.272. The first kappa shape index (κ1) is 32.8. The molecule has 0 N–H and O–H groups in total. The molecule has 0 fully saturated rings. The number of allylic oxidation sites excluding steroid dienone is 2. The van der Waals surface area contributed by atoms with Crippen LogP contribution in [-0.2, 0) is 9.84 Å². The van der Waals surface area contributed by atoms with Gasteiger partial charge < -0.3 is 0 Å². The van der Waals surface area contributed by atoms with Gasteiger partial charge in [0.15, 0.2) is 11.7 Å². The van der Waals surface area contributed by atoms with Crippen LogP contribution in [0.15, 0.2) is 71.8 Å². The van der Waals surface area contributed by atoms with Crippen LogP contribution in [0.25, 0.3) is 0 Å². The average Bonchev–Trinajstić information content (AvgIpc) is 2.91. The molecule has 0 aromatic heterocycles. The number of sulfone groups is 1. The minimum atomic E-state index is -8.88. The quantitative estimate of drug-likeness (QED) is 0.308. The second kappa shape index (κ2) is 9.44. The average molecular weight is 658 g/mol. The molecule has 0 radical (unpaired) electrons. The van der Waals surface area contributed by atoms with Crippen molar-refractivity contribution in [2.45, 2.75) is 59.4 Å². The van der Waals surface area contributed by atoms with Gasteiger partial charge in [-0.25, -0.2) is 34.8 Å². The molecule has 0 bridgehead atoms. The minimum Gasteiger partial charge on any atom is -0.221 e. The summed E-state index contributed by atoms with van der Waals surface area (Å²) in [5, 5.41) is -14.6. The predicted octanol–water partition coefficient (Wildman–Crippen LogP) is 8.79. The van der Waals surface area contributed by atoms with Crippen LogP contribution in [0, 0.1) is 13.8 Å². The maximum absolute atomic E-state index is 15.8. The van der Waals surface area contributed by atoms with Crippen molar-refractivity contribution < 1.29 is 69.9 Å². The number of aryl methyl sites for hydroxylation is 2. The van der Waals surface area contributed by atoms with Crippen LogP contribution in [0.1, 0.15) is 34.1 Å². The van der Waals surface area contributed by atoms with Gasteiger partial charge in [0, 0.05) is 0 Å². The topological polar surface area (TPSA) is 34.1 Å². The van der Waals surface area contributed by atoms with Crippen LogP contribution in [-0.4, -0.2) is 42.1 Å². The van der Waals surface area contributed by atoms with Crippen LogP contribution in [0.4, 0.5) is 61.5 Å². The van der Waals surface area contributed by atoms with E-state index in [4.69, 9.17) is 0 Å². The number of halogens is 14. The second-order valence-electron chi connectivity index (χ2n) is 9.99. The van der Waals surface area contributed by atoms with Crippen molar-refractivity contribution >= 4 is 9.84 Å². The van der Waals surface area contributed by atoms with Gasteiger partial charge in [-0.15, -0.1) is 0 Å². The molecule has 0 amide bonds. The summed E-state index contributed by atoms with van der Waals surface area (Å²) < 4.78 is 239. The smallest absolute Gasteiger partial charge is 0.221 e. The lowest BCUT2D eigenvalue weighted by Crippen LogP contribution is -2.73. The van der Waals surface area contributed by atoms with E-state index < -0.39 is 101 Å². The molecule has 0 aliphatic heterocycles. The fourth-order valence-electron chi connectivity index (χ4n) is 5.20. The Labute approximate surface area is 233 Å². The number of alkyl halides is 10. The SMILES string of the molecule is Cc1ccccc1C1C(F)=C(F)C(F)(S(=O)(=O)C2(F)C(F)=C(F)C(c3ccccc3C)C(F)(F)C2(F)F)C(F)(F)C1(F)F. The van der Waals surface area contributed by atoms with E-state index in [0.717, 1.165) is 50.2 Å². The van der Waals surface area contributed by atoms with E-state index in [1.807, 2.05) is 0 Å².